The number of aryl methyl sites for hydroxylation is 1. The quantitative estimate of drug-likeness (QED) is 0.884. The first kappa shape index (κ1) is 13.6. The lowest BCUT2D eigenvalue weighted by Crippen LogP contribution is -2.24. The van der Waals surface area contributed by atoms with Crippen molar-refractivity contribution in [1.82, 2.24) is 5.32 Å². The third-order valence-electron chi connectivity index (χ3n) is 3.14. The first-order valence-electron chi connectivity index (χ1n) is 6.54. The van der Waals surface area contributed by atoms with Gasteiger partial charge in [-0.2, -0.15) is 0 Å². The number of rotatable bonds is 5. The maximum Gasteiger partial charge on any atom is 0.114 e. The van der Waals surface area contributed by atoms with Crippen molar-refractivity contribution in [3.63, 3.8) is 0 Å². The van der Waals surface area contributed by atoms with Gasteiger partial charge in [-0.25, -0.2) is 0 Å². The molecule has 3 heteroatoms. The van der Waals surface area contributed by atoms with Gasteiger partial charge in [-0.15, -0.1) is 0 Å². The van der Waals surface area contributed by atoms with Gasteiger partial charge in [0.2, 0.25) is 0 Å². The molecule has 0 saturated heterocycles. The summed E-state index contributed by atoms with van der Waals surface area (Å²) in [5.74, 6) is 1.07. The van der Waals surface area contributed by atoms with E-state index < -0.39 is 0 Å². The molecule has 0 bridgehead atoms. The van der Waals surface area contributed by atoms with Gasteiger partial charge in [0.15, 0.2) is 0 Å². The van der Waals surface area contributed by atoms with Gasteiger partial charge in [0.05, 0.1) is 12.6 Å². The van der Waals surface area contributed by atoms with E-state index in [-0.39, 0.29) is 6.04 Å². The molecule has 0 amide bonds. The van der Waals surface area contributed by atoms with Crippen LogP contribution in [0, 0.1) is 6.92 Å². The minimum atomic E-state index is 0.185. The molecular formula is C15H20BrNO. The highest BCUT2D eigenvalue weighted by molar-refractivity contribution is 9.10. The number of hydrogen-bond acceptors (Lipinski definition) is 2. The fourth-order valence-electron chi connectivity index (χ4n) is 2.10. The number of hydrogen-bond donors (Lipinski definition) is 1. The molecule has 1 N–H and O–H groups in total. The molecule has 2 rings (SSSR count). The van der Waals surface area contributed by atoms with Crippen LogP contribution in [-0.4, -0.2) is 13.2 Å². The van der Waals surface area contributed by atoms with E-state index in [4.69, 9.17) is 4.74 Å². The van der Waals surface area contributed by atoms with Gasteiger partial charge >= 0.3 is 0 Å². The lowest BCUT2D eigenvalue weighted by molar-refractivity contribution is 0.215. The molecule has 1 aliphatic heterocycles. The highest BCUT2D eigenvalue weighted by atomic mass is 79.9. The first-order valence-corrected chi connectivity index (χ1v) is 7.34. The second kappa shape index (κ2) is 6.39. The van der Waals surface area contributed by atoms with Crippen LogP contribution in [0.5, 0.6) is 0 Å². The Kier molecular flexibility index (Phi) is 4.84. The van der Waals surface area contributed by atoms with E-state index in [1.165, 1.54) is 11.1 Å². The molecule has 0 radical (unpaired) electrons. The van der Waals surface area contributed by atoms with E-state index in [0.29, 0.717) is 0 Å². The Morgan fingerprint density at radius 1 is 1.44 bits per heavy atom. The van der Waals surface area contributed by atoms with Crippen LogP contribution in [0.3, 0.4) is 0 Å². The Bertz CT molecular complexity index is 442. The van der Waals surface area contributed by atoms with Crippen LogP contribution >= 0.6 is 15.9 Å². The topological polar surface area (TPSA) is 21.3 Å². The zero-order chi connectivity index (χ0) is 13.0. The van der Waals surface area contributed by atoms with Crippen LogP contribution in [0.2, 0.25) is 0 Å². The van der Waals surface area contributed by atoms with Crippen molar-refractivity contribution in [3.05, 3.63) is 45.6 Å². The molecule has 98 valence electrons. The molecule has 0 saturated carbocycles. The summed E-state index contributed by atoms with van der Waals surface area (Å²) in [6.07, 6.45) is 4.34. The maximum absolute atomic E-state index is 5.72. The Balaban J connectivity index is 2.23. The standard InChI is InChI=1S/C15H20BrNO/c1-3-8-17-15(14-5-4-9-18-14)12-7-6-11(2)13(16)10-12/h5-7,10,15,17H,3-4,8-9H2,1-2H3. The van der Waals surface area contributed by atoms with Gasteiger partial charge in [0, 0.05) is 10.9 Å². The van der Waals surface area contributed by atoms with Gasteiger partial charge in [-0.1, -0.05) is 35.0 Å². The average Bonchev–Trinajstić information content (AvgIpc) is 2.88. The molecule has 0 aromatic heterocycles. The summed E-state index contributed by atoms with van der Waals surface area (Å²) in [7, 11) is 0. The summed E-state index contributed by atoms with van der Waals surface area (Å²) in [6, 6.07) is 6.70. The van der Waals surface area contributed by atoms with Gasteiger partial charge in [0.1, 0.15) is 5.76 Å². The van der Waals surface area contributed by atoms with Crippen LogP contribution in [0.4, 0.5) is 0 Å². The average molecular weight is 310 g/mol. The molecule has 1 aliphatic rings. The summed E-state index contributed by atoms with van der Waals surface area (Å²) < 4.78 is 6.87. The van der Waals surface area contributed by atoms with Crippen LogP contribution in [0.15, 0.2) is 34.5 Å². The maximum atomic E-state index is 5.72. The van der Waals surface area contributed by atoms with Crippen LogP contribution in [0.1, 0.15) is 36.9 Å². The molecule has 0 fully saturated rings. The Labute approximate surface area is 118 Å². The smallest absolute Gasteiger partial charge is 0.114 e. The van der Waals surface area contributed by atoms with Gasteiger partial charge in [-0.05, 0) is 43.2 Å². The Morgan fingerprint density at radius 2 is 2.28 bits per heavy atom. The normalized spacial score (nSPS) is 16.3. The number of ether oxygens (including phenoxy) is 1. The fourth-order valence-corrected chi connectivity index (χ4v) is 2.49. The van der Waals surface area contributed by atoms with Crippen molar-refractivity contribution in [2.24, 2.45) is 0 Å². The predicted molar refractivity (Wildman–Crippen MR) is 78.6 cm³/mol. The van der Waals surface area contributed by atoms with E-state index in [1.807, 2.05) is 0 Å². The fraction of sp³-hybridized carbons (Fsp3) is 0.467. The van der Waals surface area contributed by atoms with Crippen molar-refractivity contribution in [2.75, 3.05) is 13.2 Å². The molecule has 1 unspecified atom stereocenters. The third-order valence-corrected chi connectivity index (χ3v) is 4.00. The molecule has 0 aliphatic carbocycles. The molecule has 1 atom stereocenters. The van der Waals surface area contributed by atoms with Gasteiger partial charge < -0.3 is 10.1 Å². The molecule has 1 aromatic carbocycles. The first-order chi connectivity index (χ1) is 8.72. The van der Waals surface area contributed by atoms with Crippen molar-refractivity contribution in [2.45, 2.75) is 32.7 Å². The van der Waals surface area contributed by atoms with Gasteiger partial charge in [-0.3, -0.25) is 0 Å². The summed E-state index contributed by atoms with van der Waals surface area (Å²) >= 11 is 3.60. The van der Waals surface area contributed by atoms with Crippen molar-refractivity contribution in [3.8, 4) is 0 Å². The molecule has 0 spiro atoms. The lowest BCUT2D eigenvalue weighted by Gasteiger charge is -2.20. The molecule has 1 heterocycles. The monoisotopic (exact) mass is 309 g/mol. The van der Waals surface area contributed by atoms with E-state index >= 15 is 0 Å². The van der Waals surface area contributed by atoms with E-state index in [9.17, 15) is 0 Å². The van der Waals surface area contributed by atoms with Gasteiger partial charge in [0.25, 0.3) is 0 Å². The van der Waals surface area contributed by atoms with Crippen LogP contribution in [0.25, 0.3) is 0 Å². The second-order valence-corrected chi connectivity index (χ2v) is 5.49. The van der Waals surface area contributed by atoms with E-state index in [0.717, 1.165) is 36.2 Å². The highest BCUT2D eigenvalue weighted by Crippen LogP contribution is 2.29. The van der Waals surface area contributed by atoms with Crippen molar-refractivity contribution >= 4 is 15.9 Å². The van der Waals surface area contributed by atoms with Crippen molar-refractivity contribution in [1.29, 1.82) is 0 Å². The zero-order valence-electron chi connectivity index (χ0n) is 11.0. The van der Waals surface area contributed by atoms with Crippen molar-refractivity contribution < 1.29 is 4.74 Å². The number of benzene rings is 1. The summed E-state index contributed by atoms with van der Waals surface area (Å²) in [5, 5.41) is 3.56. The largest absolute Gasteiger partial charge is 0.496 e. The number of nitrogens with one attached hydrogen (secondary N) is 1. The number of halogens is 1. The molecular weight excluding hydrogens is 290 g/mol. The minimum absolute atomic E-state index is 0.185. The Morgan fingerprint density at radius 3 is 2.89 bits per heavy atom. The summed E-state index contributed by atoms with van der Waals surface area (Å²) in [5.41, 5.74) is 2.52. The molecule has 18 heavy (non-hydrogen) atoms. The van der Waals surface area contributed by atoms with Crippen LogP contribution in [-0.2, 0) is 4.74 Å². The summed E-state index contributed by atoms with van der Waals surface area (Å²) in [6.45, 7) is 6.09. The molecule has 2 nitrogen and oxygen atoms in total. The molecule has 1 aromatic rings. The lowest BCUT2D eigenvalue weighted by atomic mass is 10.0. The van der Waals surface area contributed by atoms with E-state index in [2.05, 4.69) is 59.4 Å². The third kappa shape index (κ3) is 3.15. The minimum Gasteiger partial charge on any atom is -0.496 e. The Hall–Kier alpha value is -0.800. The predicted octanol–water partition coefficient (Wildman–Crippen LogP) is 4.10. The SMILES string of the molecule is CCCNC(C1=CCCO1)c1ccc(C)c(Br)c1. The summed E-state index contributed by atoms with van der Waals surface area (Å²) in [4.78, 5) is 0. The zero-order valence-corrected chi connectivity index (χ0v) is 12.6. The second-order valence-electron chi connectivity index (χ2n) is 4.64. The van der Waals surface area contributed by atoms with E-state index in [1.54, 1.807) is 0 Å². The highest BCUT2D eigenvalue weighted by Gasteiger charge is 2.20. The van der Waals surface area contributed by atoms with Crippen LogP contribution < -0.4 is 5.32 Å².